The summed E-state index contributed by atoms with van der Waals surface area (Å²) in [7, 11) is 1.41. The van der Waals surface area contributed by atoms with Crippen LogP contribution in [0, 0.1) is 6.01 Å². The zero-order chi connectivity index (χ0) is 15.0. The monoisotopic (exact) mass is 285 g/mol. The van der Waals surface area contributed by atoms with Crippen LogP contribution in [0.4, 0.5) is 4.39 Å². The van der Waals surface area contributed by atoms with E-state index in [0.29, 0.717) is 5.89 Å². The fourth-order valence-corrected chi connectivity index (χ4v) is 2.52. The van der Waals surface area contributed by atoms with Crippen LogP contribution in [0.5, 0.6) is 5.88 Å². The predicted molar refractivity (Wildman–Crippen MR) is 78.6 cm³/mol. The van der Waals surface area contributed by atoms with Crippen molar-refractivity contribution in [2.45, 2.75) is 77.6 Å². The van der Waals surface area contributed by atoms with E-state index in [2.05, 4.69) is 25.8 Å². The second-order valence-corrected chi connectivity index (χ2v) is 5.78. The summed E-state index contributed by atoms with van der Waals surface area (Å²) in [5.41, 5.74) is -0.193. The third kappa shape index (κ3) is 4.50. The second kappa shape index (κ2) is 8.28. The van der Waals surface area contributed by atoms with Gasteiger partial charge in [0.05, 0.1) is 7.11 Å². The minimum absolute atomic E-state index is 0.0312. The highest BCUT2D eigenvalue weighted by molar-refractivity contribution is 5.12. The van der Waals surface area contributed by atoms with E-state index >= 15 is 0 Å². The first-order valence-electron chi connectivity index (χ1n) is 7.78. The smallest absolute Gasteiger partial charge is 0.342 e. The quantitative estimate of drug-likeness (QED) is 0.551. The summed E-state index contributed by atoms with van der Waals surface area (Å²) in [6.07, 6.45) is 8.95. The molecule has 1 unspecified atom stereocenters. The Hall–Kier alpha value is -1.06. The van der Waals surface area contributed by atoms with E-state index in [-0.39, 0.29) is 11.3 Å². The third-order valence-electron chi connectivity index (χ3n) is 3.93. The van der Waals surface area contributed by atoms with Gasteiger partial charge in [-0.25, -0.2) is 0 Å². The Morgan fingerprint density at radius 1 is 1.10 bits per heavy atom. The van der Waals surface area contributed by atoms with Crippen molar-refractivity contribution in [1.82, 2.24) is 4.98 Å². The molecular formula is C16H28FNO2. The summed E-state index contributed by atoms with van der Waals surface area (Å²) >= 11 is 0. The molecule has 4 heteroatoms. The van der Waals surface area contributed by atoms with Crippen LogP contribution in [0.25, 0.3) is 0 Å². The molecule has 1 rings (SSSR count). The van der Waals surface area contributed by atoms with Crippen LogP contribution < -0.4 is 4.74 Å². The summed E-state index contributed by atoms with van der Waals surface area (Å²) in [6.45, 7) is 6.48. The maximum Gasteiger partial charge on any atom is 0.342 e. The van der Waals surface area contributed by atoms with Crippen LogP contribution in [-0.2, 0) is 5.41 Å². The zero-order valence-electron chi connectivity index (χ0n) is 13.3. The molecule has 0 spiro atoms. The number of hydrogen-bond acceptors (Lipinski definition) is 3. The normalized spacial score (nSPS) is 14.2. The van der Waals surface area contributed by atoms with Crippen molar-refractivity contribution in [1.29, 1.82) is 0 Å². The van der Waals surface area contributed by atoms with Crippen molar-refractivity contribution in [3.8, 4) is 5.88 Å². The summed E-state index contributed by atoms with van der Waals surface area (Å²) < 4.78 is 23.7. The second-order valence-electron chi connectivity index (χ2n) is 5.78. The fraction of sp³-hybridized carbons (Fsp3) is 0.812. The first kappa shape index (κ1) is 17.0. The van der Waals surface area contributed by atoms with Gasteiger partial charge in [-0.1, -0.05) is 59.3 Å². The molecule has 0 aliphatic rings. The van der Waals surface area contributed by atoms with Gasteiger partial charge >= 0.3 is 6.01 Å². The number of rotatable bonds is 10. The number of methoxy groups -OCH3 is 1. The minimum atomic E-state index is -0.709. The lowest BCUT2D eigenvalue weighted by Crippen LogP contribution is -2.22. The van der Waals surface area contributed by atoms with Crippen molar-refractivity contribution in [2.75, 3.05) is 7.11 Å². The third-order valence-corrected chi connectivity index (χ3v) is 3.93. The van der Waals surface area contributed by atoms with Crippen molar-refractivity contribution >= 4 is 0 Å². The van der Waals surface area contributed by atoms with Crippen LogP contribution >= 0.6 is 0 Å². The molecule has 20 heavy (non-hydrogen) atoms. The molecule has 0 fully saturated rings. The van der Waals surface area contributed by atoms with Gasteiger partial charge in [0.15, 0.2) is 0 Å². The average Bonchev–Trinajstić information content (AvgIpc) is 2.83. The van der Waals surface area contributed by atoms with Crippen molar-refractivity contribution in [3.05, 3.63) is 11.9 Å². The first-order valence-corrected chi connectivity index (χ1v) is 7.78. The van der Waals surface area contributed by atoms with Crippen LogP contribution in [0.1, 0.15) is 78.0 Å². The zero-order valence-corrected chi connectivity index (χ0v) is 13.3. The van der Waals surface area contributed by atoms with Crippen LogP contribution in [0.3, 0.4) is 0 Å². The van der Waals surface area contributed by atoms with Crippen LogP contribution in [0.2, 0.25) is 0 Å². The lowest BCUT2D eigenvalue weighted by atomic mass is 9.80. The molecule has 1 atom stereocenters. The molecule has 0 saturated carbocycles. The maximum absolute atomic E-state index is 13.6. The molecule has 0 aliphatic carbocycles. The molecule has 0 bridgehead atoms. The van der Waals surface area contributed by atoms with E-state index in [9.17, 15) is 4.39 Å². The summed E-state index contributed by atoms with van der Waals surface area (Å²) in [6, 6.07) is -0.709. The lowest BCUT2D eigenvalue weighted by Gasteiger charge is -2.26. The molecule has 0 aromatic carbocycles. The SMILES string of the molecule is CCCCCCC(C)(CCCC)c1nc(OC)c(F)o1. The molecule has 0 N–H and O–H groups in total. The number of hydrogen-bond donors (Lipinski definition) is 0. The highest BCUT2D eigenvalue weighted by Crippen LogP contribution is 2.36. The van der Waals surface area contributed by atoms with Gasteiger partial charge in [-0.15, -0.1) is 0 Å². The van der Waals surface area contributed by atoms with E-state index in [1.165, 1.54) is 26.4 Å². The van der Waals surface area contributed by atoms with Gasteiger partial charge in [0.1, 0.15) is 0 Å². The van der Waals surface area contributed by atoms with Gasteiger partial charge < -0.3 is 9.15 Å². The molecular weight excluding hydrogens is 257 g/mol. The topological polar surface area (TPSA) is 35.3 Å². The van der Waals surface area contributed by atoms with Crippen molar-refractivity contribution in [2.24, 2.45) is 0 Å². The fourth-order valence-electron chi connectivity index (χ4n) is 2.52. The number of ether oxygens (including phenoxy) is 1. The first-order chi connectivity index (χ1) is 9.57. The lowest BCUT2D eigenvalue weighted by molar-refractivity contribution is 0.243. The van der Waals surface area contributed by atoms with Gasteiger partial charge in [-0.05, 0) is 12.8 Å². The van der Waals surface area contributed by atoms with E-state index in [0.717, 1.165) is 32.1 Å². The summed E-state index contributed by atoms with van der Waals surface area (Å²) in [4.78, 5) is 4.19. The van der Waals surface area contributed by atoms with Crippen molar-refractivity contribution < 1.29 is 13.5 Å². The molecule has 0 amide bonds. The highest BCUT2D eigenvalue weighted by Gasteiger charge is 2.33. The van der Waals surface area contributed by atoms with E-state index in [1.807, 2.05) is 0 Å². The van der Waals surface area contributed by atoms with E-state index in [1.54, 1.807) is 0 Å². The number of halogens is 1. The Morgan fingerprint density at radius 3 is 2.30 bits per heavy atom. The van der Waals surface area contributed by atoms with E-state index in [4.69, 9.17) is 9.15 Å². The predicted octanol–water partition coefficient (Wildman–Crippen LogP) is 5.24. The van der Waals surface area contributed by atoms with Crippen LogP contribution in [0.15, 0.2) is 4.42 Å². The average molecular weight is 285 g/mol. The molecule has 3 nitrogen and oxygen atoms in total. The molecule has 0 saturated heterocycles. The van der Waals surface area contributed by atoms with Gasteiger partial charge in [0.2, 0.25) is 5.89 Å². The standard InChI is InChI=1S/C16H28FNO2/c1-5-7-9-10-12-16(3,11-8-6-2)15-18-14(19-4)13(17)20-15/h5-12H2,1-4H3. The van der Waals surface area contributed by atoms with E-state index < -0.39 is 6.01 Å². The Kier molecular flexibility index (Phi) is 7.03. The van der Waals surface area contributed by atoms with Gasteiger partial charge in [0.25, 0.3) is 5.88 Å². The van der Waals surface area contributed by atoms with Crippen molar-refractivity contribution in [3.63, 3.8) is 0 Å². The van der Waals surface area contributed by atoms with Gasteiger partial charge in [-0.3, -0.25) is 0 Å². The molecule has 1 aromatic rings. The molecule has 0 radical (unpaired) electrons. The Balaban J connectivity index is 2.79. The Labute approximate surface area is 121 Å². The molecule has 1 heterocycles. The summed E-state index contributed by atoms with van der Waals surface area (Å²) in [5.74, 6) is 0.452. The largest absolute Gasteiger partial charge is 0.477 e. The number of nitrogens with zero attached hydrogens (tertiary/aromatic N) is 1. The van der Waals surface area contributed by atoms with Gasteiger partial charge in [-0.2, -0.15) is 9.37 Å². The molecule has 116 valence electrons. The maximum atomic E-state index is 13.6. The Morgan fingerprint density at radius 2 is 1.75 bits per heavy atom. The highest BCUT2D eigenvalue weighted by atomic mass is 19.1. The number of oxazole rings is 1. The molecule has 0 aliphatic heterocycles. The number of unbranched alkanes of at least 4 members (excludes halogenated alkanes) is 4. The van der Waals surface area contributed by atoms with Crippen LogP contribution in [-0.4, -0.2) is 12.1 Å². The number of aromatic nitrogens is 1. The Bertz CT molecular complexity index is 392. The van der Waals surface area contributed by atoms with Gasteiger partial charge in [0, 0.05) is 5.41 Å². The summed E-state index contributed by atoms with van der Waals surface area (Å²) in [5, 5.41) is 0. The molecule has 1 aromatic heterocycles. The minimum Gasteiger partial charge on any atom is -0.477 e.